The molecular weight excluding hydrogens is 344 g/mol. The maximum atomic E-state index is 12.3. The third kappa shape index (κ3) is 5.69. The second-order valence-electron chi connectivity index (χ2n) is 7.02. The number of rotatable bonds is 5. The van der Waals surface area contributed by atoms with Gasteiger partial charge >= 0.3 is 0 Å². The fourth-order valence-electron chi connectivity index (χ4n) is 2.45. The first kappa shape index (κ1) is 19.7. The molecule has 1 aliphatic heterocycles. The quantitative estimate of drug-likeness (QED) is 0.847. The van der Waals surface area contributed by atoms with Crippen LogP contribution in [0.15, 0.2) is 29.2 Å². The molecule has 0 aliphatic carbocycles. The molecule has 0 saturated carbocycles. The fourth-order valence-corrected chi connectivity index (χ4v) is 3.87. The molecule has 140 valence electrons. The standard InChI is InChI=1S/C17H26N2O5S/c1-13(16(20)19-9-11-23-12-10-19)24-14-5-7-15(8-6-14)25(21,22)18-17(2,3)4/h5-8,13,18H,9-12H2,1-4H3/t13-/m1/s1. The molecule has 25 heavy (non-hydrogen) atoms. The highest BCUT2D eigenvalue weighted by Gasteiger charge is 2.25. The van der Waals surface area contributed by atoms with Crippen molar-refractivity contribution in [3.8, 4) is 5.75 Å². The predicted molar refractivity (Wildman–Crippen MR) is 94.0 cm³/mol. The Morgan fingerprint density at radius 3 is 2.28 bits per heavy atom. The summed E-state index contributed by atoms with van der Waals surface area (Å²) in [6, 6.07) is 6.05. The largest absolute Gasteiger partial charge is 0.481 e. The minimum Gasteiger partial charge on any atom is -0.481 e. The third-order valence-electron chi connectivity index (χ3n) is 3.56. The molecule has 2 rings (SSSR count). The number of carbonyl (C=O) groups is 1. The van der Waals surface area contributed by atoms with Crippen molar-refractivity contribution in [2.45, 2.75) is 44.2 Å². The summed E-state index contributed by atoms with van der Waals surface area (Å²) in [5.41, 5.74) is -0.562. The number of nitrogens with zero attached hydrogens (tertiary/aromatic N) is 1. The molecule has 8 heteroatoms. The first-order chi connectivity index (χ1) is 11.6. The van der Waals surface area contributed by atoms with Gasteiger partial charge in [-0.15, -0.1) is 0 Å². The van der Waals surface area contributed by atoms with Crippen molar-refractivity contribution in [3.63, 3.8) is 0 Å². The lowest BCUT2D eigenvalue weighted by Crippen LogP contribution is -2.46. The highest BCUT2D eigenvalue weighted by atomic mass is 32.2. The van der Waals surface area contributed by atoms with E-state index in [4.69, 9.17) is 9.47 Å². The molecule has 0 spiro atoms. The van der Waals surface area contributed by atoms with Crippen molar-refractivity contribution < 1.29 is 22.7 Å². The van der Waals surface area contributed by atoms with E-state index in [0.29, 0.717) is 32.1 Å². The van der Waals surface area contributed by atoms with Crippen LogP contribution in [0.5, 0.6) is 5.75 Å². The van der Waals surface area contributed by atoms with Gasteiger partial charge in [-0.05, 0) is 52.0 Å². The van der Waals surface area contributed by atoms with Crippen LogP contribution in [0.1, 0.15) is 27.7 Å². The number of ether oxygens (including phenoxy) is 2. The highest BCUT2D eigenvalue weighted by Crippen LogP contribution is 2.19. The lowest BCUT2D eigenvalue weighted by molar-refractivity contribution is -0.142. The summed E-state index contributed by atoms with van der Waals surface area (Å²) in [7, 11) is -3.59. The molecule has 0 unspecified atom stereocenters. The van der Waals surface area contributed by atoms with Gasteiger partial charge in [0.2, 0.25) is 10.0 Å². The molecule has 1 atom stereocenters. The van der Waals surface area contributed by atoms with Gasteiger partial charge in [0.05, 0.1) is 18.1 Å². The molecule has 1 fully saturated rings. The molecule has 1 heterocycles. The number of amides is 1. The number of carbonyl (C=O) groups excluding carboxylic acids is 1. The normalized spacial score (nSPS) is 17.2. The van der Waals surface area contributed by atoms with Crippen LogP contribution in [0.25, 0.3) is 0 Å². The number of benzene rings is 1. The van der Waals surface area contributed by atoms with Crippen molar-refractivity contribution >= 4 is 15.9 Å². The lowest BCUT2D eigenvalue weighted by atomic mass is 10.1. The van der Waals surface area contributed by atoms with Crippen molar-refractivity contribution in [1.29, 1.82) is 0 Å². The Morgan fingerprint density at radius 1 is 1.20 bits per heavy atom. The Labute approximate surface area is 149 Å². The highest BCUT2D eigenvalue weighted by molar-refractivity contribution is 7.89. The maximum Gasteiger partial charge on any atom is 0.263 e. The molecule has 1 aliphatic rings. The van der Waals surface area contributed by atoms with Crippen molar-refractivity contribution in [2.24, 2.45) is 0 Å². The summed E-state index contributed by atoms with van der Waals surface area (Å²) in [6.07, 6.45) is -0.645. The van der Waals surface area contributed by atoms with E-state index in [2.05, 4.69) is 4.72 Å². The smallest absolute Gasteiger partial charge is 0.263 e. The summed E-state index contributed by atoms with van der Waals surface area (Å²) >= 11 is 0. The van der Waals surface area contributed by atoms with Gasteiger partial charge in [0.25, 0.3) is 5.91 Å². The molecule has 0 aromatic heterocycles. The van der Waals surface area contributed by atoms with Crippen LogP contribution in [0, 0.1) is 0 Å². The van der Waals surface area contributed by atoms with Crippen LogP contribution in [-0.2, 0) is 19.6 Å². The van der Waals surface area contributed by atoms with Crippen molar-refractivity contribution in [2.75, 3.05) is 26.3 Å². The lowest BCUT2D eigenvalue weighted by Gasteiger charge is -2.29. The van der Waals surface area contributed by atoms with Gasteiger partial charge in [0, 0.05) is 18.6 Å². The first-order valence-electron chi connectivity index (χ1n) is 8.26. The molecule has 1 aromatic carbocycles. The molecule has 1 saturated heterocycles. The first-order valence-corrected chi connectivity index (χ1v) is 9.74. The Morgan fingerprint density at radius 2 is 1.76 bits per heavy atom. The molecule has 1 aromatic rings. The van der Waals surface area contributed by atoms with E-state index in [1.54, 1.807) is 44.7 Å². The minimum atomic E-state index is -3.59. The van der Waals surface area contributed by atoms with Gasteiger partial charge in [-0.1, -0.05) is 0 Å². The second kappa shape index (κ2) is 7.72. The van der Waals surface area contributed by atoms with Gasteiger partial charge in [-0.3, -0.25) is 4.79 Å². The van der Waals surface area contributed by atoms with Crippen LogP contribution < -0.4 is 9.46 Å². The summed E-state index contributed by atoms with van der Waals surface area (Å²) in [5.74, 6) is 0.346. The van der Waals surface area contributed by atoms with E-state index in [1.807, 2.05) is 0 Å². The van der Waals surface area contributed by atoms with E-state index >= 15 is 0 Å². The van der Waals surface area contributed by atoms with E-state index in [0.717, 1.165) is 0 Å². The van der Waals surface area contributed by atoms with Gasteiger partial charge in [-0.2, -0.15) is 0 Å². The summed E-state index contributed by atoms with van der Waals surface area (Å²) in [6.45, 7) is 9.20. The Hall–Kier alpha value is -1.64. The molecule has 1 N–H and O–H groups in total. The molecule has 0 bridgehead atoms. The van der Waals surface area contributed by atoms with Gasteiger partial charge in [0.1, 0.15) is 5.75 Å². The fraction of sp³-hybridized carbons (Fsp3) is 0.588. The van der Waals surface area contributed by atoms with Gasteiger partial charge in [0.15, 0.2) is 6.10 Å². The Bertz CT molecular complexity index is 689. The number of sulfonamides is 1. The number of nitrogens with one attached hydrogen (secondary N) is 1. The predicted octanol–water partition coefficient (Wildman–Crippen LogP) is 1.39. The minimum absolute atomic E-state index is 0.102. The average Bonchev–Trinajstić information content (AvgIpc) is 2.53. The number of hydrogen-bond donors (Lipinski definition) is 1. The SMILES string of the molecule is C[C@@H](Oc1ccc(S(=O)(=O)NC(C)(C)C)cc1)C(=O)N1CCOCC1. The molecular formula is C17H26N2O5S. The van der Waals surface area contributed by atoms with E-state index in [9.17, 15) is 13.2 Å². The summed E-state index contributed by atoms with van der Waals surface area (Å²) in [5, 5.41) is 0. The molecule has 0 radical (unpaired) electrons. The van der Waals surface area contributed by atoms with Crippen LogP contribution >= 0.6 is 0 Å². The zero-order valence-corrected chi connectivity index (χ0v) is 15.9. The second-order valence-corrected chi connectivity index (χ2v) is 8.71. The Balaban J connectivity index is 2.01. The van der Waals surface area contributed by atoms with E-state index in [1.165, 1.54) is 12.1 Å². The van der Waals surface area contributed by atoms with Crippen LogP contribution in [0.2, 0.25) is 0 Å². The van der Waals surface area contributed by atoms with Crippen LogP contribution in [0.3, 0.4) is 0 Å². The number of morpholine rings is 1. The third-order valence-corrected chi connectivity index (χ3v) is 5.33. The van der Waals surface area contributed by atoms with Crippen LogP contribution in [-0.4, -0.2) is 57.2 Å². The van der Waals surface area contributed by atoms with E-state index in [-0.39, 0.29) is 10.8 Å². The zero-order valence-electron chi connectivity index (χ0n) is 15.1. The van der Waals surface area contributed by atoms with Crippen LogP contribution in [0.4, 0.5) is 0 Å². The maximum absolute atomic E-state index is 12.3. The molecule has 1 amide bonds. The summed E-state index contributed by atoms with van der Waals surface area (Å²) < 4.78 is 38.0. The number of hydrogen-bond acceptors (Lipinski definition) is 5. The van der Waals surface area contributed by atoms with Gasteiger partial charge in [-0.25, -0.2) is 13.1 Å². The Kier molecular flexibility index (Phi) is 6.08. The van der Waals surface area contributed by atoms with Gasteiger partial charge < -0.3 is 14.4 Å². The van der Waals surface area contributed by atoms with E-state index < -0.39 is 21.7 Å². The topological polar surface area (TPSA) is 84.9 Å². The zero-order chi connectivity index (χ0) is 18.7. The average molecular weight is 370 g/mol. The van der Waals surface area contributed by atoms with Crippen molar-refractivity contribution in [1.82, 2.24) is 9.62 Å². The molecule has 7 nitrogen and oxygen atoms in total. The monoisotopic (exact) mass is 370 g/mol. The summed E-state index contributed by atoms with van der Waals surface area (Å²) in [4.78, 5) is 14.2. The van der Waals surface area contributed by atoms with Crippen molar-refractivity contribution in [3.05, 3.63) is 24.3 Å².